The number of thioether (sulfide) groups is 1. The number of carbonyl (C=O) groups is 2. The predicted octanol–water partition coefficient (Wildman–Crippen LogP) is 5.11. The Morgan fingerprint density at radius 1 is 0.906 bits per heavy atom. The molecule has 1 fully saturated rings. The molecule has 0 aliphatic carbocycles. The standard InChI is InChI=1S/C25H23NO5S/c1-29-11-12-31-21-10-8-17(14-22(21)30-2)15-23-24(27)26(25(28)32-23)16-18-7-9-19-5-3-4-6-20(19)13-18/h3-10,13-15H,11-12,16H2,1-2H3/b23-15-. The molecule has 164 valence electrons. The van der Waals surface area contributed by atoms with Crippen LogP contribution in [0.2, 0.25) is 0 Å². The molecule has 4 rings (SSSR count). The summed E-state index contributed by atoms with van der Waals surface area (Å²) in [6.07, 6.45) is 1.70. The van der Waals surface area contributed by atoms with E-state index in [-0.39, 0.29) is 17.7 Å². The van der Waals surface area contributed by atoms with Gasteiger partial charge < -0.3 is 14.2 Å². The average Bonchev–Trinajstić information content (AvgIpc) is 3.07. The van der Waals surface area contributed by atoms with Gasteiger partial charge in [0, 0.05) is 7.11 Å². The second-order valence-corrected chi connectivity index (χ2v) is 8.19. The molecule has 1 saturated heterocycles. The van der Waals surface area contributed by atoms with Crippen LogP contribution in [0.15, 0.2) is 65.6 Å². The van der Waals surface area contributed by atoms with Crippen molar-refractivity contribution in [3.8, 4) is 11.5 Å². The zero-order valence-corrected chi connectivity index (χ0v) is 18.7. The van der Waals surface area contributed by atoms with Crippen LogP contribution in [0.1, 0.15) is 11.1 Å². The Hall–Kier alpha value is -3.29. The summed E-state index contributed by atoms with van der Waals surface area (Å²) < 4.78 is 16.0. The first kappa shape index (κ1) is 21.9. The molecule has 0 atom stereocenters. The van der Waals surface area contributed by atoms with E-state index in [0.717, 1.165) is 33.7 Å². The Morgan fingerprint density at radius 3 is 2.50 bits per heavy atom. The van der Waals surface area contributed by atoms with Crippen LogP contribution in [0.5, 0.6) is 11.5 Å². The van der Waals surface area contributed by atoms with Crippen molar-refractivity contribution < 1.29 is 23.8 Å². The van der Waals surface area contributed by atoms with E-state index in [1.165, 1.54) is 4.90 Å². The molecule has 1 aliphatic heterocycles. The Morgan fingerprint density at radius 2 is 1.72 bits per heavy atom. The van der Waals surface area contributed by atoms with Gasteiger partial charge >= 0.3 is 0 Å². The highest BCUT2D eigenvalue weighted by atomic mass is 32.2. The number of fused-ring (bicyclic) bond motifs is 1. The molecule has 0 radical (unpaired) electrons. The quantitative estimate of drug-likeness (QED) is 0.352. The minimum absolute atomic E-state index is 0.239. The number of nitrogens with zero attached hydrogens (tertiary/aromatic N) is 1. The zero-order chi connectivity index (χ0) is 22.5. The number of hydrogen-bond donors (Lipinski definition) is 0. The van der Waals surface area contributed by atoms with Gasteiger partial charge in [-0.2, -0.15) is 0 Å². The maximum absolute atomic E-state index is 12.9. The van der Waals surface area contributed by atoms with E-state index in [1.54, 1.807) is 32.4 Å². The summed E-state index contributed by atoms with van der Waals surface area (Å²) in [5.74, 6) is 0.837. The third-order valence-corrected chi connectivity index (χ3v) is 5.97. The maximum atomic E-state index is 12.9. The highest BCUT2D eigenvalue weighted by Crippen LogP contribution is 2.35. The number of ether oxygens (including phenoxy) is 3. The molecule has 1 heterocycles. The fourth-order valence-electron chi connectivity index (χ4n) is 3.44. The first-order valence-electron chi connectivity index (χ1n) is 10.1. The Labute approximate surface area is 190 Å². The van der Waals surface area contributed by atoms with Crippen LogP contribution in [-0.4, -0.2) is 43.5 Å². The number of rotatable bonds is 8. The summed E-state index contributed by atoms with van der Waals surface area (Å²) >= 11 is 0.944. The van der Waals surface area contributed by atoms with Gasteiger partial charge in [-0.25, -0.2) is 0 Å². The van der Waals surface area contributed by atoms with Crippen LogP contribution < -0.4 is 9.47 Å². The molecule has 0 aromatic heterocycles. The number of imide groups is 1. The lowest BCUT2D eigenvalue weighted by molar-refractivity contribution is -0.123. The summed E-state index contributed by atoms with van der Waals surface area (Å²) in [5, 5.41) is 1.92. The number of benzene rings is 3. The molecule has 32 heavy (non-hydrogen) atoms. The third-order valence-electron chi connectivity index (χ3n) is 5.06. The van der Waals surface area contributed by atoms with Gasteiger partial charge in [0.25, 0.3) is 11.1 Å². The van der Waals surface area contributed by atoms with Crippen molar-refractivity contribution in [3.05, 3.63) is 76.7 Å². The van der Waals surface area contributed by atoms with Crippen molar-refractivity contribution >= 4 is 39.8 Å². The van der Waals surface area contributed by atoms with E-state index in [2.05, 4.69) is 0 Å². The van der Waals surface area contributed by atoms with Gasteiger partial charge in [-0.3, -0.25) is 14.5 Å². The number of methoxy groups -OCH3 is 2. The molecule has 0 saturated carbocycles. The van der Waals surface area contributed by atoms with Crippen molar-refractivity contribution in [2.24, 2.45) is 0 Å². The van der Waals surface area contributed by atoms with E-state index >= 15 is 0 Å². The van der Waals surface area contributed by atoms with Gasteiger partial charge in [0.1, 0.15) is 6.61 Å². The summed E-state index contributed by atoms with van der Waals surface area (Å²) in [4.78, 5) is 27.1. The minimum atomic E-state index is -0.299. The van der Waals surface area contributed by atoms with Crippen LogP contribution >= 0.6 is 11.8 Å². The topological polar surface area (TPSA) is 65.1 Å². The van der Waals surface area contributed by atoms with Gasteiger partial charge in [-0.15, -0.1) is 0 Å². The molecule has 7 heteroatoms. The van der Waals surface area contributed by atoms with Gasteiger partial charge in [-0.05, 0) is 57.9 Å². The van der Waals surface area contributed by atoms with Gasteiger partial charge in [0.15, 0.2) is 11.5 Å². The molecule has 0 bridgehead atoms. The van der Waals surface area contributed by atoms with Crippen molar-refractivity contribution in [1.29, 1.82) is 0 Å². The third kappa shape index (κ3) is 4.79. The van der Waals surface area contributed by atoms with E-state index in [1.807, 2.05) is 48.5 Å². The SMILES string of the molecule is COCCOc1ccc(/C=C2\SC(=O)N(Cc3ccc4ccccc4c3)C2=O)cc1OC. The second kappa shape index (κ2) is 9.89. The average molecular weight is 450 g/mol. The van der Waals surface area contributed by atoms with Crippen LogP contribution in [0, 0.1) is 0 Å². The van der Waals surface area contributed by atoms with Gasteiger partial charge in [-0.1, -0.05) is 42.5 Å². The van der Waals surface area contributed by atoms with Crippen LogP contribution in [0.3, 0.4) is 0 Å². The molecule has 0 spiro atoms. The largest absolute Gasteiger partial charge is 0.493 e. The number of amides is 2. The van der Waals surface area contributed by atoms with E-state index in [0.29, 0.717) is 29.6 Å². The van der Waals surface area contributed by atoms with E-state index in [9.17, 15) is 9.59 Å². The molecule has 3 aromatic carbocycles. The van der Waals surface area contributed by atoms with Crippen LogP contribution in [0.4, 0.5) is 4.79 Å². The lowest BCUT2D eigenvalue weighted by atomic mass is 10.1. The Kier molecular flexibility index (Phi) is 6.78. The highest BCUT2D eigenvalue weighted by molar-refractivity contribution is 8.18. The minimum Gasteiger partial charge on any atom is -0.493 e. The number of hydrogen-bond acceptors (Lipinski definition) is 6. The molecular weight excluding hydrogens is 426 g/mol. The van der Waals surface area contributed by atoms with Crippen molar-refractivity contribution in [2.75, 3.05) is 27.4 Å². The smallest absolute Gasteiger partial charge is 0.293 e. The lowest BCUT2D eigenvalue weighted by Gasteiger charge is -2.13. The summed E-state index contributed by atoms with van der Waals surface area (Å²) in [6.45, 7) is 1.11. The highest BCUT2D eigenvalue weighted by Gasteiger charge is 2.35. The first-order chi connectivity index (χ1) is 15.6. The molecule has 6 nitrogen and oxygen atoms in total. The Bertz CT molecular complexity index is 1190. The van der Waals surface area contributed by atoms with Gasteiger partial charge in [0.05, 0.1) is 25.2 Å². The normalized spacial score (nSPS) is 15.1. The van der Waals surface area contributed by atoms with Crippen molar-refractivity contribution in [1.82, 2.24) is 4.90 Å². The van der Waals surface area contributed by atoms with Crippen LogP contribution in [-0.2, 0) is 16.1 Å². The number of carbonyl (C=O) groups excluding carboxylic acids is 2. The molecular formula is C25H23NO5S. The van der Waals surface area contributed by atoms with Crippen molar-refractivity contribution in [2.45, 2.75) is 6.54 Å². The lowest BCUT2D eigenvalue weighted by Crippen LogP contribution is -2.27. The summed E-state index contributed by atoms with van der Waals surface area (Å²) in [5.41, 5.74) is 1.66. The van der Waals surface area contributed by atoms with Crippen LogP contribution in [0.25, 0.3) is 16.8 Å². The van der Waals surface area contributed by atoms with E-state index < -0.39 is 0 Å². The monoisotopic (exact) mass is 449 g/mol. The Balaban J connectivity index is 1.51. The molecule has 1 aliphatic rings. The maximum Gasteiger partial charge on any atom is 0.293 e. The summed E-state index contributed by atoms with van der Waals surface area (Å²) in [7, 11) is 3.16. The molecule has 0 unspecified atom stereocenters. The van der Waals surface area contributed by atoms with Crippen molar-refractivity contribution in [3.63, 3.8) is 0 Å². The molecule has 0 N–H and O–H groups in total. The van der Waals surface area contributed by atoms with Gasteiger partial charge in [0.2, 0.25) is 0 Å². The molecule has 2 amide bonds. The fraction of sp³-hybridized carbons (Fsp3) is 0.200. The fourth-order valence-corrected chi connectivity index (χ4v) is 4.27. The zero-order valence-electron chi connectivity index (χ0n) is 17.9. The summed E-state index contributed by atoms with van der Waals surface area (Å²) in [6, 6.07) is 19.3. The molecule has 3 aromatic rings. The van der Waals surface area contributed by atoms with E-state index in [4.69, 9.17) is 14.2 Å². The predicted molar refractivity (Wildman–Crippen MR) is 126 cm³/mol. The second-order valence-electron chi connectivity index (χ2n) is 7.20. The first-order valence-corrected chi connectivity index (χ1v) is 10.9.